The molecule has 0 spiro atoms. The van der Waals surface area contributed by atoms with Gasteiger partial charge in [0.15, 0.2) is 0 Å². The van der Waals surface area contributed by atoms with E-state index in [4.69, 9.17) is 23.2 Å². The third-order valence-corrected chi connectivity index (χ3v) is 4.34. The molecule has 0 saturated carbocycles. The Morgan fingerprint density at radius 2 is 1.48 bits per heavy atom. The van der Waals surface area contributed by atoms with Crippen molar-refractivity contribution in [2.24, 2.45) is 5.92 Å². The molecule has 0 heterocycles. The van der Waals surface area contributed by atoms with Crippen LogP contribution in [0.25, 0.3) is 0 Å². The van der Waals surface area contributed by atoms with Crippen LogP contribution in [0.5, 0.6) is 0 Å². The third-order valence-electron chi connectivity index (χ3n) is 3.76. The largest absolute Gasteiger partial charge is 0.340 e. The first-order valence-corrected chi connectivity index (χ1v) is 8.96. The van der Waals surface area contributed by atoms with E-state index in [2.05, 4.69) is 16.2 Å². The summed E-state index contributed by atoms with van der Waals surface area (Å²) < 4.78 is 0. The molecule has 6 nitrogen and oxygen atoms in total. The number of benzene rings is 2. The zero-order chi connectivity index (χ0) is 20.0. The molecular formula is C19H19Cl2N3O3. The lowest BCUT2D eigenvalue weighted by atomic mass is 10.0. The molecule has 1 atom stereocenters. The van der Waals surface area contributed by atoms with Crippen LogP contribution in [-0.2, 0) is 4.79 Å². The molecule has 0 bridgehead atoms. The van der Waals surface area contributed by atoms with E-state index in [0.29, 0.717) is 10.6 Å². The Morgan fingerprint density at radius 3 is 2.07 bits per heavy atom. The van der Waals surface area contributed by atoms with Crippen LogP contribution in [0.3, 0.4) is 0 Å². The van der Waals surface area contributed by atoms with Gasteiger partial charge in [0.05, 0.1) is 10.6 Å². The lowest BCUT2D eigenvalue weighted by Gasteiger charge is -2.22. The highest BCUT2D eigenvalue weighted by molar-refractivity contribution is 6.33. The molecular weight excluding hydrogens is 389 g/mol. The van der Waals surface area contributed by atoms with Crippen LogP contribution < -0.4 is 16.2 Å². The Hall–Kier alpha value is -2.57. The molecule has 2 aromatic carbocycles. The molecule has 3 amide bonds. The summed E-state index contributed by atoms with van der Waals surface area (Å²) in [7, 11) is 0. The predicted molar refractivity (Wildman–Crippen MR) is 105 cm³/mol. The maximum atomic E-state index is 12.4. The van der Waals surface area contributed by atoms with Gasteiger partial charge in [0, 0.05) is 10.6 Å². The maximum absolute atomic E-state index is 12.4. The van der Waals surface area contributed by atoms with Gasteiger partial charge in [0.25, 0.3) is 17.7 Å². The first kappa shape index (κ1) is 20.7. The summed E-state index contributed by atoms with van der Waals surface area (Å²) in [5.41, 5.74) is 5.23. The minimum Gasteiger partial charge on any atom is -0.340 e. The number of hydrogen-bond acceptors (Lipinski definition) is 3. The molecule has 0 aliphatic rings. The molecule has 3 N–H and O–H groups in total. The van der Waals surface area contributed by atoms with Crippen molar-refractivity contribution >= 4 is 40.9 Å². The van der Waals surface area contributed by atoms with Crippen molar-refractivity contribution in [3.05, 3.63) is 69.7 Å². The lowest BCUT2D eigenvalue weighted by molar-refractivity contribution is -0.124. The van der Waals surface area contributed by atoms with Crippen LogP contribution in [-0.4, -0.2) is 23.8 Å². The van der Waals surface area contributed by atoms with Crippen molar-refractivity contribution in [3.8, 4) is 0 Å². The zero-order valence-electron chi connectivity index (χ0n) is 14.8. The molecule has 0 aliphatic heterocycles. The van der Waals surface area contributed by atoms with Crippen molar-refractivity contribution in [3.63, 3.8) is 0 Å². The molecule has 0 unspecified atom stereocenters. The number of carbonyl (C=O) groups is 3. The van der Waals surface area contributed by atoms with Crippen LogP contribution in [0.2, 0.25) is 10.0 Å². The van der Waals surface area contributed by atoms with E-state index in [9.17, 15) is 14.4 Å². The molecule has 0 aliphatic carbocycles. The summed E-state index contributed by atoms with van der Waals surface area (Å²) in [5, 5.41) is 3.43. The van der Waals surface area contributed by atoms with Crippen molar-refractivity contribution in [1.82, 2.24) is 16.2 Å². The number of carbonyl (C=O) groups excluding carboxylic acids is 3. The van der Waals surface area contributed by atoms with Crippen LogP contribution in [0, 0.1) is 5.92 Å². The standard InChI is InChI=1S/C19H19Cl2N3O3/c1-11(2)16(22-17(25)12-7-9-13(20)10-8-12)19(27)24-23-18(26)14-5-3-4-6-15(14)21/h3-11,16H,1-2H3,(H,22,25)(H,23,26)(H,24,27)/t16-/m0/s1. The summed E-state index contributed by atoms with van der Waals surface area (Å²) in [5.74, 6) is -1.73. The Balaban J connectivity index is 2.00. The first-order valence-electron chi connectivity index (χ1n) is 8.20. The highest BCUT2D eigenvalue weighted by atomic mass is 35.5. The average Bonchev–Trinajstić information content (AvgIpc) is 2.64. The van der Waals surface area contributed by atoms with Crippen molar-refractivity contribution in [2.75, 3.05) is 0 Å². The van der Waals surface area contributed by atoms with E-state index >= 15 is 0 Å². The van der Waals surface area contributed by atoms with Crippen LogP contribution in [0.1, 0.15) is 34.6 Å². The molecule has 2 aromatic rings. The van der Waals surface area contributed by atoms with Gasteiger partial charge < -0.3 is 5.32 Å². The summed E-state index contributed by atoms with van der Waals surface area (Å²) in [4.78, 5) is 36.9. The molecule has 0 fully saturated rings. The van der Waals surface area contributed by atoms with E-state index in [-0.39, 0.29) is 16.5 Å². The predicted octanol–water partition coefficient (Wildman–Crippen LogP) is 3.21. The lowest BCUT2D eigenvalue weighted by Crippen LogP contribution is -2.54. The van der Waals surface area contributed by atoms with Gasteiger partial charge in [-0.2, -0.15) is 0 Å². The van der Waals surface area contributed by atoms with E-state index < -0.39 is 23.8 Å². The van der Waals surface area contributed by atoms with E-state index in [1.54, 1.807) is 56.3 Å². The molecule has 142 valence electrons. The highest BCUT2D eigenvalue weighted by Gasteiger charge is 2.25. The topological polar surface area (TPSA) is 87.3 Å². The summed E-state index contributed by atoms with van der Waals surface area (Å²) in [6.45, 7) is 3.56. The van der Waals surface area contributed by atoms with Crippen LogP contribution in [0.15, 0.2) is 48.5 Å². The van der Waals surface area contributed by atoms with Gasteiger partial charge in [0.1, 0.15) is 6.04 Å². The number of nitrogens with one attached hydrogen (secondary N) is 3. The number of hydrazine groups is 1. The van der Waals surface area contributed by atoms with Gasteiger partial charge in [-0.25, -0.2) is 0 Å². The van der Waals surface area contributed by atoms with Crippen molar-refractivity contribution in [2.45, 2.75) is 19.9 Å². The highest BCUT2D eigenvalue weighted by Crippen LogP contribution is 2.14. The van der Waals surface area contributed by atoms with E-state index in [1.165, 1.54) is 6.07 Å². The van der Waals surface area contributed by atoms with Gasteiger partial charge in [-0.1, -0.05) is 49.2 Å². The van der Waals surface area contributed by atoms with Gasteiger partial charge in [-0.05, 0) is 42.3 Å². The zero-order valence-corrected chi connectivity index (χ0v) is 16.3. The molecule has 0 radical (unpaired) electrons. The number of halogens is 2. The van der Waals surface area contributed by atoms with Crippen molar-refractivity contribution < 1.29 is 14.4 Å². The molecule has 27 heavy (non-hydrogen) atoms. The van der Waals surface area contributed by atoms with E-state index in [1.807, 2.05) is 0 Å². The van der Waals surface area contributed by atoms with Gasteiger partial charge in [-0.15, -0.1) is 0 Å². The second kappa shape index (κ2) is 9.39. The Bertz CT molecular complexity index is 838. The minimum absolute atomic E-state index is 0.210. The smallest absolute Gasteiger partial charge is 0.271 e. The average molecular weight is 408 g/mol. The second-order valence-corrected chi connectivity index (χ2v) is 6.97. The monoisotopic (exact) mass is 407 g/mol. The fraction of sp³-hybridized carbons (Fsp3) is 0.211. The summed E-state index contributed by atoms with van der Waals surface area (Å²) in [6.07, 6.45) is 0. The Kier molecular flexibility index (Phi) is 7.21. The maximum Gasteiger partial charge on any atom is 0.271 e. The van der Waals surface area contributed by atoms with Gasteiger partial charge in [-0.3, -0.25) is 25.2 Å². The number of hydrogen-bond donors (Lipinski definition) is 3. The van der Waals surface area contributed by atoms with E-state index in [0.717, 1.165) is 0 Å². The first-order chi connectivity index (χ1) is 12.8. The number of rotatable bonds is 5. The second-order valence-electron chi connectivity index (χ2n) is 6.13. The van der Waals surface area contributed by atoms with Gasteiger partial charge in [0.2, 0.25) is 0 Å². The molecule has 0 saturated heterocycles. The third kappa shape index (κ3) is 5.70. The molecule has 2 rings (SSSR count). The fourth-order valence-corrected chi connectivity index (χ4v) is 2.62. The fourth-order valence-electron chi connectivity index (χ4n) is 2.27. The number of amides is 3. The normalized spacial score (nSPS) is 11.6. The SMILES string of the molecule is CC(C)[C@H](NC(=O)c1ccc(Cl)cc1)C(=O)NNC(=O)c1ccccc1Cl. The molecule has 0 aromatic heterocycles. The Labute approximate surface area is 167 Å². The van der Waals surface area contributed by atoms with Crippen LogP contribution in [0.4, 0.5) is 0 Å². The summed E-state index contributed by atoms with van der Waals surface area (Å²) >= 11 is 11.8. The molecule has 8 heteroatoms. The van der Waals surface area contributed by atoms with Crippen molar-refractivity contribution in [1.29, 1.82) is 0 Å². The Morgan fingerprint density at radius 1 is 0.852 bits per heavy atom. The van der Waals surface area contributed by atoms with Crippen LogP contribution >= 0.6 is 23.2 Å². The minimum atomic E-state index is -0.847. The summed E-state index contributed by atoms with van der Waals surface area (Å²) in [6, 6.07) is 11.9. The van der Waals surface area contributed by atoms with Gasteiger partial charge >= 0.3 is 0 Å². The quantitative estimate of drug-likeness (QED) is 0.664.